The van der Waals surface area contributed by atoms with Crippen molar-refractivity contribution in [1.82, 2.24) is 4.90 Å². The molecule has 0 saturated carbocycles. The van der Waals surface area contributed by atoms with Gasteiger partial charge in [-0.25, -0.2) is 0 Å². The molecule has 0 aromatic heterocycles. The van der Waals surface area contributed by atoms with Crippen LogP contribution in [-0.2, 0) is 0 Å². The predicted molar refractivity (Wildman–Crippen MR) is 101 cm³/mol. The van der Waals surface area contributed by atoms with Crippen LogP contribution in [0.2, 0.25) is 0 Å². The Morgan fingerprint density at radius 3 is 2.60 bits per heavy atom. The minimum absolute atomic E-state index is 0.426. The molecule has 1 saturated heterocycles. The fourth-order valence-corrected chi connectivity index (χ4v) is 4.32. The van der Waals surface area contributed by atoms with Crippen molar-refractivity contribution in [3.8, 4) is 11.5 Å². The summed E-state index contributed by atoms with van der Waals surface area (Å²) in [4.78, 5) is 2.65. The van der Waals surface area contributed by atoms with Crippen molar-refractivity contribution in [3.05, 3.63) is 59.2 Å². The molecule has 0 spiro atoms. The molecule has 2 aromatic carbocycles. The molecule has 2 atom stereocenters. The minimum atomic E-state index is 0.426. The number of methoxy groups -OCH3 is 1. The fourth-order valence-electron chi connectivity index (χ4n) is 4.32. The number of nitrogens with zero attached hydrogens (tertiary/aromatic N) is 1. The van der Waals surface area contributed by atoms with E-state index in [0.717, 1.165) is 31.1 Å². The van der Waals surface area contributed by atoms with Gasteiger partial charge in [-0.15, -0.1) is 0 Å². The Bertz CT molecular complexity index is 725. The normalized spacial score (nSPS) is 22.3. The van der Waals surface area contributed by atoms with Gasteiger partial charge >= 0.3 is 0 Å². The van der Waals surface area contributed by atoms with Crippen molar-refractivity contribution in [2.45, 2.75) is 38.1 Å². The van der Waals surface area contributed by atoms with Crippen molar-refractivity contribution in [1.29, 1.82) is 0 Å². The largest absolute Gasteiger partial charge is 0.497 e. The second-order valence-electron chi connectivity index (χ2n) is 7.12. The van der Waals surface area contributed by atoms with E-state index in [0.29, 0.717) is 12.0 Å². The molecule has 2 heterocycles. The van der Waals surface area contributed by atoms with E-state index in [1.54, 1.807) is 7.11 Å². The number of hydrogen-bond acceptors (Lipinski definition) is 3. The maximum atomic E-state index is 5.91. The number of benzene rings is 2. The molecule has 0 bridgehead atoms. The first-order valence-electron chi connectivity index (χ1n) is 9.44. The Kier molecular flexibility index (Phi) is 4.67. The summed E-state index contributed by atoms with van der Waals surface area (Å²) in [6.07, 6.45) is 3.60. The summed E-state index contributed by atoms with van der Waals surface area (Å²) in [5, 5.41) is 0. The van der Waals surface area contributed by atoms with Crippen LogP contribution in [0.1, 0.15) is 54.8 Å². The van der Waals surface area contributed by atoms with Crippen molar-refractivity contribution in [2.24, 2.45) is 0 Å². The maximum absolute atomic E-state index is 5.91. The Hall–Kier alpha value is -2.00. The first-order valence-corrected chi connectivity index (χ1v) is 9.44. The van der Waals surface area contributed by atoms with Gasteiger partial charge in [-0.2, -0.15) is 0 Å². The van der Waals surface area contributed by atoms with Crippen LogP contribution in [0.15, 0.2) is 42.5 Å². The molecule has 0 aliphatic carbocycles. The predicted octanol–water partition coefficient (Wildman–Crippen LogP) is 4.77. The highest BCUT2D eigenvalue weighted by Gasteiger charge is 2.36. The molecular formula is C22H27NO2. The second-order valence-corrected chi connectivity index (χ2v) is 7.12. The maximum Gasteiger partial charge on any atom is 0.119 e. The number of rotatable bonds is 5. The molecule has 3 nitrogen and oxygen atoms in total. The highest BCUT2D eigenvalue weighted by molar-refractivity contribution is 5.47. The van der Waals surface area contributed by atoms with Gasteiger partial charge in [0.1, 0.15) is 11.5 Å². The van der Waals surface area contributed by atoms with E-state index in [1.807, 2.05) is 0 Å². The van der Waals surface area contributed by atoms with Crippen LogP contribution in [0, 0.1) is 0 Å². The highest BCUT2D eigenvalue weighted by atomic mass is 16.5. The third-order valence-electron chi connectivity index (χ3n) is 5.56. The summed E-state index contributed by atoms with van der Waals surface area (Å²) < 4.78 is 11.2. The SMILES string of the molecule is CCCOc1ccc2c(c1)C1CCCN1CC2c1ccc(OC)cc1. The molecule has 1 fully saturated rings. The van der Waals surface area contributed by atoms with E-state index in [2.05, 4.69) is 54.3 Å². The van der Waals surface area contributed by atoms with Crippen molar-refractivity contribution >= 4 is 0 Å². The first kappa shape index (κ1) is 16.5. The van der Waals surface area contributed by atoms with Crippen LogP contribution in [0.5, 0.6) is 11.5 Å². The van der Waals surface area contributed by atoms with Crippen LogP contribution in [-0.4, -0.2) is 31.7 Å². The molecule has 2 aliphatic rings. The zero-order valence-corrected chi connectivity index (χ0v) is 15.2. The van der Waals surface area contributed by atoms with Gasteiger partial charge in [-0.05, 0) is 66.8 Å². The van der Waals surface area contributed by atoms with Crippen LogP contribution >= 0.6 is 0 Å². The highest BCUT2D eigenvalue weighted by Crippen LogP contribution is 2.45. The van der Waals surface area contributed by atoms with E-state index in [1.165, 1.54) is 36.1 Å². The van der Waals surface area contributed by atoms with E-state index < -0.39 is 0 Å². The molecule has 2 aliphatic heterocycles. The summed E-state index contributed by atoms with van der Waals surface area (Å²) >= 11 is 0. The Balaban J connectivity index is 1.71. The second kappa shape index (κ2) is 7.09. The van der Waals surface area contributed by atoms with Crippen molar-refractivity contribution in [3.63, 3.8) is 0 Å². The van der Waals surface area contributed by atoms with Gasteiger partial charge in [0.2, 0.25) is 0 Å². The molecule has 25 heavy (non-hydrogen) atoms. The van der Waals surface area contributed by atoms with Crippen LogP contribution in [0.25, 0.3) is 0 Å². The van der Waals surface area contributed by atoms with Crippen LogP contribution < -0.4 is 9.47 Å². The van der Waals surface area contributed by atoms with Crippen LogP contribution in [0.3, 0.4) is 0 Å². The summed E-state index contributed by atoms with van der Waals surface area (Å²) in [5.41, 5.74) is 4.31. The average molecular weight is 337 g/mol. The lowest BCUT2D eigenvalue weighted by molar-refractivity contribution is 0.229. The third-order valence-corrected chi connectivity index (χ3v) is 5.56. The zero-order chi connectivity index (χ0) is 17.2. The molecule has 0 radical (unpaired) electrons. The smallest absolute Gasteiger partial charge is 0.119 e. The topological polar surface area (TPSA) is 21.7 Å². The quantitative estimate of drug-likeness (QED) is 0.785. The first-order chi connectivity index (χ1) is 12.3. The third kappa shape index (κ3) is 3.13. The molecule has 0 N–H and O–H groups in total. The standard InChI is InChI=1S/C22H27NO2/c1-3-13-25-18-10-11-19-20(14-18)22-5-4-12-23(22)15-21(19)16-6-8-17(24-2)9-7-16/h6-11,14,21-22H,3-5,12-13,15H2,1-2H3. The van der Waals surface area contributed by atoms with Crippen LogP contribution in [0.4, 0.5) is 0 Å². The molecule has 2 unspecified atom stereocenters. The number of hydrogen-bond donors (Lipinski definition) is 0. The van der Waals surface area contributed by atoms with Gasteiger partial charge < -0.3 is 9.47 Å². The molecular weight excluding hydrogens is 310 g/mol. The Labute approximate surface area is 150 Å². The lowest BCUT2D eigenvalue weighted by atomic mass is 9.81. The lowest BCUT2D eigenvalue weighted by Gasteiger charge is -2.37. The summed E-state index contributed by atoms with van der Waals surface area (Å²) in [5.74, 6) is 2.36. The molecule has 132 valence electrons. The zero-order valence-electron chi connectivity index (χ0n) is 15.2. The number of ether oxygens (including phenoxy) is 2. The lowest BCUT2D eigenvalue weighted by Crippen LogP contribution is -2.34. The molecule has 4 rings (SSSR count). The monoisotopic (exact) mass is 337 g/mol. The van der Waals surface area contributed by atoms with Gasteiger partial charge in [0.25, 0.3) is 0 Å². The van der Waals surface area contributed by atoms with Gasteiger partial charge in [0.15, 0.2) is 0 Å². The van der Waals surface area contributed by atoms with Gasteiger partial charge in [0.05, 0.1) is 13.7 Å². The van der Waals surface area contributed by atoms with Gasteiger partial charge in [0, 0.05) is 18.5 Å². The minimum Gasteiger partial charge on any atom is -0.497 e. The number of fused-ring (bicyclic) bond motifs is 3. The Morgan fingerprint density at radius 1 is 1.04 bits per heavy atom. The van der Waals surface area contributed by atoms with E-state index >= 15 is 0 Å². The van der Waals surface area contributed by atoms with Crippen molar-refractivity contribution in [2.75, 3.05) is 26.8 Å². The van der Waals surface area contributed by atoms with Gasteiger partial charge in [-0.3, -0.25) is 4.90 Å². The molecule has 2 aromatic rings. The molecule has 0 amide bonds. The average Bonchev–Trinajstić information content (AvgIpc) is 3.14. The summed E-state index contributed by atoms with van der Waals surface area (Å²) in [6, 6.07) is 15.9. The van der Waals surface area contributed by atoms with E-state index in [9.17, 15) is 0 Å². The summed E-state index contributed by atoms with van der Waals surface area (Å²) in [6.45, 7) is 5.25. The van der Waals surface area contributed by atoms with Gasteiger partial charge in [-0.1, -0.05) is 25.1 Å². The summed E-state index contributed by atoms with van der Waals surface area (Å²) in [7, 11) is 1.72. The fraction of sp³-hybridized carbons (Fsp3) is 0.455. The van der Waals surface area contributed by atoms with E-state index in [4.69, 9.17) is 9.47 Å². The van der Waals surface area contributed by atoms with Crippen molar-refractivity contribution < 1.29 is 9.47 Å². The molecule has 3 heteroatoms. The van der Waals surface area contributed by atoms with E-state index in [-0.39, 0.29) is 0 Å². The Morgan fingerprint density at radius 2 is 1.84 bits per heavy atom.